The number of aliphatic hydroxyl groups is 1. The van der Waals surface area contributed by atoms with Gasteiger partial charge in [-0.15, -0.1) is 0 Å². The van der Waals surface area contributed by atoms with Gasteiger partial charge in [0.1, 0.15) is 17.8 Å². The number of aromatic nitrogens is 3. The fraction of sp³-hybridized carbons (Fsp3) is 0.231. The molecule has 0 bridgehead atoms. The molecule has 1 aliphatic rings. The zero-order valence-electron chi connectivity index (χ0n) is 18.9. The maximum absolute atomic E-state index is 13.4. The maximum Gasteiger partial charge on any atom is 0.255 e. The molecule has 0 spiro atoms. The Morgan fingerprint density at radius 2 is 1.80 bits per heavy atom. The molecule has 9 heteroatoms. The van der Waals surface area contributed by atoms with Gasteiger partial charge in [-0.3, -0.25) is 9.59 Å². The van der Waals surface area contributed by atoms with Crippen LogP contribution in [0.1, 0.15) is 39.1 Å². The lowest BCUT2D eigenvalue weighted by Gasteiger charge is -2.29. The molecule has 5 rings (SSSR count). The molecule has 35 heavy (non-hydrogen) atoms. The van der Waals surface area contributed by atoms with E-state index in [-0.39, 0.29) is 30.4 Å². The Morgan fingerprint density at radius 3 is 2.51 bits per heavy atom. The predicted octanol–water partition coefficient (Wildman–Crippen LogP) is 3.39. The number of nitrogens with one attached hydrogen (secondary N) is 3. The van der Waals surface area contributed by atoms with Crippen LogP contribution in [-0.2, 0) is 4.74 Å². The summed E-state index contributed by atoms with van der Waals surface area (Å²) in [4.78, 5) is 37.6. The molecule has 0 saturated carbocycles. The molecule has 3 heterocycles. The van der Waals surface area contributed by atoms with Crippen molar-refractivity contribution in [2.24, 2.45) is 0 Å². The molecule has 4 aromatic rings. The molecule has 2 aromatic heterocycles. The molecule has 0 aliphatic carbocycles. The number of benzene rings is 2. The second-order valence-corrected chi connectivity index (χ2v) is 8.43. The lowest BCUT2D eigenvalue weighted by atomic mass is 10.0. The van der Waals surface area contributed by atoms with Crippen molar-refractivity contribution in [3.63, 3.8) is 0 Å². The molecule has 1 aliphatic heterocycles. The van der Waals surface area contributed by atoms with Crippen LogP contribution in [0.5, 0.6) is 0 Å². The van der Waals surface area contributed by atoms with E-state index in [1.807, 2.05) is 30.3 Å². The Bertz CT molecular complexity index is 1330. The smallest absolute Gasteiger partial charge is 0.255 e. The molecule has 1 saturated heterocycles. The third-order valence-corrected chi connectivity index (χ3v) is 6.07. The molecule has 0 radical (unpaired) electrons. The Morgan fingerprint density at radius 1 is 1.03 bits per heavy atom. The average molecular weight is 472 g/mol. The summed E-state index contributed by atoms with van der Waals surface area (Å²) in [7, 11) is 0. The third kappa shape index (κ3) is 4.91. The van der Waals surface area contributed by atoms with E-state index >= 15 is 0 Å². The van der Waals surface area contributed by atoms with Gasteiger partial charge in [-0.2, -0.15) is 0 Å². The lowest BCUT2D eigenvalue weighted by molar-refractivity contribution is -0.0224. The first kappa shape index (κ1) is 22.7. The number of aromatic amines is 1. The van der Waals surface area contributed by atoms with Crippen molar-refractivity contribution >= 4 is 34.2 Å². The van der Waals surface area contributed by atoms with Crippen LogP contribution in [0.3, 0.4) is 0 Å². The number of hydrogen-bond acceptors (Lipinski definition) is 7. The van der Waals surface area contributed by atoms with Gasteiger partial charge in [-0.1, -0.05) is 30.3 Å². The fourth-order valence-electron chi connectivity index (χ4n) is 4.16. The number of hydrogen-bond donors (Lipinski definition) is 4. The highest BCUT2D eigenvalue weighted by atomic mass is 16.5. The minimum Gasteiger partial charge on any atom is -0.394 e. The number of rotatable bonds is 7. The molecular formula is C26H25N5O4. The number of carbonyl (C=O) groups is 2. The summed E-state index contributed by atoms with van der Waals surface area (Å²) in [6.45, 7) is 0.449. The quantitative estimate of drug-likeness (QED) is 0.304. The zero-order valence-corrected chi connectivity index (χ0v) is 18.9. The highest BCUT2D eigenvalue weighted by molar-refractivity contribution is 6.18. The summed E-state index contributed by atoms with van der Waals surface area (Å²) >= 11 is 0. The first-order valence-electron chi connectivity index (χ1n) is 11.4. The number of H-pyrrole nitrogens is 1. The van der Waals surface area contributed by atoms with Gasteiger partial charge in [0.2, 0.25) is 0 Å². The van der Waals surface area contributed by atoms with Crippen LogP contribution in [0, 0.1) is 0 Å². The highest BCUT2D eigenvalue weighted by Crippen LogP contribution is 2.27. The van der Waals surface area contributed by atoms with Crippen molar-refractivity contribution in [1.29, 1.82) is 0 Å². The molecule has 178 valence electrons. The molecule has 9 nitrogen and oxygen atoms in total. The van der Waals surface area contributed by atoms with Crippen LogP contribution in [0.2, 0.25) is 0 Å². The average Bonchev–Trinajstić information content (AvgIpc) is 3.35. The van der Waals surface area contributed by atoms with Gasteiger partial charge in [0, 0.05) is 23.0 Å². The van der Waals surface area contributed by atoms with Gasteiger partial charge in [0.15, 0.2) is 5.78 Å². The van der Waals surface area contributed by atoms with Gasteiger partial charge < -0.3 is 25.5 Å². The molecule has 0 unspecified atom stereocenters. The van der Waals surface area contributed by atoms with Crippen molar-refractivity contribution in [2.45, 2.75) is 25.0 Å². The first-order chi connectivity index (χ1) is 17.1. The van der Waals surface area contributed by atoms with Crippen LogP contribution in [0.25, 0.3) is 11.0 Å². The molecule has 2 atom stereocenters. The normalized spacial score (nSPS) is 17.7. The van der Waals surface area contributed by atoms with E-state index in [1.54, 1.807) is 30.5 Å². The van der Waals surface area contributed by atoms with E-state index < -0.39 is 0 Å². The largest absolute Gasteiger partial charge is 0.394 e. The van der Waals surface area contributed by atoms with E-state index in [1.165, 1.54) is 6.33 Å². The summed E-state index contributed by atoms with van der Waals surface area (Å²) in [5, 5.41) is 16.1. The standard InChI is InChI=1S/C26H25N5O4/c32-13-20-11-10-19(14-35-20)30-25-22-21(12-27-24(22)28-15-29-25)23(33)16-6-8-17(9-7-16)26(34)31-18-4-2-1-3-5-18/h1-9,12,15,19-20,32H,10-11,13-14H2,(H,31,34)(H2,27,28,29,30)/t19-,20+/m1/s1. The van der Waals surface area contributed by atoms with Gasteiger partial charge in [-0.25, -0.2) is 9.97 Å². The Labute approximate surface area is 201 Å². The molecule has 1 fully saturated rings. The van der Waals surface area contributed by atoms with Crippen molar-refractivity contribution in [1.82, 2.24) is 15.0 Å². The second kappa shape index (κ2) is 10.0. The summed E-state index contributed by atoms with van der Waals surface area (Å²) in [5.41, 5.74) is 2.59. The minimum atomic E-state index is -0.250. The number of ether oxygens (including phenoxy) is 1. The van der Waals surface area contributed by atoms with Crippen molar-refractivity contribution in [3.05, 3.63) is 83.8 Å². The van der Waals surface area contributed by atoms with E-state index in [0.29, 0.717) is 45.8 Å². The Kier molecular flexibility index (Phi) is 6.51. The topological polar surface area (TPSA) is 129 Å². The SMILES string of the molecule is O=C(Nc1ccccc1)c1ccc(C(=O)c2c[nH]c3ncnc(N[C@@H]4CC[C@@H](CO)OC4)c23)cc1. The third-order valence-electron chi connectivity index (χ3n) is 6.07. The van der Waals surface area contributed by atoms with Crippen LogP contribution < -0.4 is 10.6 Å². The van der Waals surface area contributed by atoms with Crippen LogP contribution >= 0.6 is 0 Å². The van der Waals surface area contributed by atoms with Gasteiger partial charge in [0.25, 0.3) is 5.91 Å². The Hall–Kier alpha value is -4.08. The lowest BCUT2D eigenvalue weighted by Crippen LogP contribution is -2.36. The highest BCUT2D eigenvalue weighted by Gasteiger charge is 2.24. The summed E-state index contributed by atoms with van der Waals surface area (Å²) < 4.78 is 5.66. The van der Waals surface area contributed by atoms with Gasteiger partial charge in [0.05, 0.1) is 36.3 Å². The number of carbonyl (C=O) groups excluding carboxylic acids is 2. The zero-order chi connectivity index (χ0) is 24.2. The van der Waals surface area contributed by atoms with E-state index in [0.717, 1.165) is 12.8 Å². The second-order valence-electron chi connectivity index (χ2n) is 8.43. The number of para-hydroxylation sites is 1. The molecule has 1 amide bonds. The van der Waals surface area contributed by atoms with E-state index in [9.17, 15) is 14.7 Å². The predicted molar refractivity (Wildman–Crippen MR) is 132 cm³/mol. The van der Waals surface area contributed by atoms with Crippen LogP contribution in [0.15, 0.2) is 67.1 Å². The molecule has 4 N–H and O–H groups in total. The number of aliphatic hydroxyl groups excluding tert-OH is 1. The summed E-state index contributed by atoms with van der Waals surface area (Å²) in [6, 6.07) is 15.7. The maximum atomic E-state index is 13.4. The Balaban J connectivity index is 1.35. The number of fused-ring (bicyclic) bond motifs is 1. The van der Waals surface area contributed by atoms with Crippen molar-refractivity contribution < 1.29 is 19.4 Å². The number of nitrogens with zero attached hydrogens (tertiary/aromatic N) is 2. The van der Waals surface area contributed by atoms with Gasteiger partial charge >= 0.3 is 0 Å². The summed E-state index contributed by atoms with van der Waals surface area (Å²) in [6.07, 6.45) is 4.49. The van der Waals surface area contributed by atoms with E-state index in [4.69, 9.17) is 4.74 Å². The van der Waals surface area contributed by atoms with E-state index in [2.05, 4.69) is 25.6 Å². The number of amides is 1. The number of ketones is 1. The van der Waals surface area contributed by atoms with Crippen molar-refractivity contribution in [3.8, 4) is 0 Å². The van der Waals surface area contributed by atoms with Crippen LogP contribution in [0.4, 0.5) is 11.5 Å². The number of anilines is 2. The van der Waals surface area contributed by atoms with Gasteiger partial charge in [-0.05, 0) is 37.1 Å². The monoisotopic (exact) mass is 471 g/mol. The molecule has 2 aromatic carbocycles. The minimum absolute atomic E-state index is 0.00758. The van der Waals surface area contributed by atoms with Crippen LogP contribution in [-0.4, -0.2) is 57.1 Å². The summed E-state index contributed by atoms with van der Waals surface area (Å²) in [5.74, 6) is 0.0965. The fourth-order valence-corrected chi connectivity index (χ4v) is 4.16. The van der Waals surface area contributed by atoms with Crippen molar-refractivity contribution in [2.75, 3.05) is 23.8 Å². The molecular weight excluding hydrogens is 446 g/mol. The first-order valence-corrected chi connectivity index (χ1v) is 11.4.